The molecule has 0 aromatic carbocycles. The first-order chi connectivity index (χ1) is 4.15. The Kier molecular flexibility index (Phi) is 3.35. The Morgan fingerprint density at radius 1 is 0.800 bits per heavy atom. The van der Waals surface area contributed by atoms with Crippen LogP contribution in [0, 0.1) is 0 Å². The maximum atomic E-state index is 4.71. The molecule has 0 saturated carbocycles. The number of rotatable bonds is 2. The van der Waals surface area contributed by atoms with Gasteiger partial charge in [-0.25, -0.2) is 0 Å². The molecule has 0 aliphatic heterocycles. The van der Waals surface area contributed by atoms with Crippen LogP contribution in [0.1, 0.15) is 0 Å². The lowest BCUT2D eigenvalue weighted by molar-refractivity contribution is 1.47. The van der Waals surface area contributed by atoms with Gasteiger partial charge in [-0.1, -0.05) is 39.3 Å². The molecule has 0 aliphatic rings. The topological polar surface area (TPSA) is 0 Å². The molecule has 0 N–H and O–H groups in total. The van der Waals surface area contributed by atoms with E-state index in [2.05, 4.69) is 39.3 Å². The van der Waals surface area contributed by atoms with Crippen molar-refractivity contribution in [1.82, 2.24) is 0 Å². The van der Waals surface area contributed by atoms with Gasteiger partial charge in [0.1, 0.15) is 0 Å². The van der Waals surface area contributed by atoms with Gasteiger partial charge in [-0.05, 0) is 14.1 Å². The molecule has 10 heavy (non-hydrogen) atoms. The summed E-state index contributed by atoms with van der Waals surface area (Å²) in [5, 5.41) is 0. The predicted octanol–water partition coefficient (Wildman–Crippen LogP) is 3.52. The van der Waals surface area contributed by atoms with Crippen LogP contribution in [-0.2, 0) is 0 Å². The molecule has 0 amide bonds. The van der Waals surface area contributed by atoms with E-state index in [4.69, 9.17) is 9.24 Å². The zero-order valence-electron chi connectivity index (χ0n) is 8.02. The molecule has 0 aromatic heterocycles. The summed E-state index contributed by atoms with van der Waals surface area (Å²) < 4.78 is 0. The van der Waals surface area contributed by atoms with Gasteiger partial charge in [0.25, 0.3) is 0 Å². The Morgan fingerprint density at radius 3 is 1.00 bits per heavy atom. The zero-order chi connectivity index (χ0) is 8.58. The third kappa shape index (κ3) is 3.31. The van der Waals surface area contributed by atoms with Crippen molar-refractivity contribution in [2.75, 3.05) is 0 Å². The first-order valence-electron chi connectivity index (χ1n) is 3.84. The Labute approximate surface area is 70.0 Å². The minimum atomic E-state index is -0.970. The van der Waals surface area contributed by atoms with Crippen molar-refractivity contribution in [2.45, 2.75) is 44.2 Å². The fraction of sp³-hybridized carbons (Fsp3) is 1.00. The van der Waals surface area contributed by atoms with Crippen molar-refractivity contribution in [3.8, 4) is 0 Å². The largest absolute Gasteiger partial charge is 0.0693 e. The molecule has 60 valence electrons. The summed E-state index contributed by atoms with van der Waals surface area (Å²) in [6.07, 6.45) is 0. The Bertz CT molecular complexity index is 95.8. The van der Waals surface area contributed by atoms with Crippen LogP contribution < -0.4 is 0 Å². The summed E-state index contributed by atoms with van der Waals surface area (Å²) in [5.41, 5.74) is 0. The molecule has 0 heterocycles. The van der Waals surface area contributed by atoms with E-state index in [-0.39, 0.29) is 0 Å². The Hall–Kier alpha value is 0.864. The van der Waals surface area contributed by atoms with E-state index in [0.717, 1.165) is 4.91 Å². The average Bonchev–Trinajstić information content (AvgIpc) is 1.59. The first-order valence-corrected chi connectivity index (χ1v) is 11.5. The lowest BCUT2D eigenvalue weighted by Crippen LogP contribution is -2.49. The van der Waals surface area contributed by atoms with Gasteiger partial charge in [0, 0.05) is 16.1 Å². The third-order valence-corrected chi connectivity index (χ3v) is 14.8. The van der Waals surface area contributed by atoms with Crippen LogP contribution in [0.4, 0.5) is 0 Å². The van der Waals surface area contributed by atoms with Crippen LogP contribution in [0.25, 0.3) is 0 Å². The summed E-state index contributed by atoms with van der Waals surface area (Å²) >= 11 is 0. The fourth-order valence-electron chi connectivity index (χ4n) is 1.30. The Balaban J connectivity index is 4.23. The number of hydrogen-bond donors (Lipinski definition) is 0. The summed E-state index contributed by atoms with van der Waals surface area (Å²) in [5.74, 6) is 0. The van der Waals surface area contributed by atoms with Crippen LogP contribution in [-0.4, -0.2) is 21.1 Å². The first kappa shape index (κ1) is 10.9. The van der Waals surface area contributed by atoms with E-state index >= 15 is 0 Å². The minimum absolute atomic E-state index is 0.736. The molecule has 0 atom stereocenters. The molecule has 0 bridgehead atoms. The fourth-order valence-corrected chi connectivity index (χ4v) is 11.7. The molecule has 0 unspecified atom stereocenters. The smallest absolute Gasteiger partial charge is 0.0500 e. The molecule has 0 rings (SSSR count). The maximum absolute atomic E-state index is 4.71. The number of hydrogen-bond acceptors (Lipinski definition) is 0. The minimum Gasteiger partial charge on any atom is -0.0693 e. The second-order valence-electron chi connectivity index (χ2n) is 5.13. The zero-order valence-corrected chi connectivity index (χ0v) is 10.9. The summed E-state index contributed by atoms with van der Waals surface area (Å²) in [6.45, 7) is 14.4. The second-order valence-corrected chi connectivity index (χ2v) is 17.8. The highest BCUT2D eigenvalue weighted by molar-refractivity contribution is 7.33. The quantitative estimate of drug-likeness (QED) is 0.462. The van der Waals surface area contributed by atoms with Crippen molar-refractivity contribution in [3.05, 3.63) is 0 Å². The second kappa shape index (κ2) is 3.08. The SMILES string of the molecule is C[Si](C)(C)C([P])[Si](C)(C)C. The molecule has 0 aliphatic carbocycles. The monoisotopic (exact) mass is 190 g/mol. The predicted molar refractivity (Wildman–Crippen MR) is 57.4 cm³/mol. The van der Waals surface area contributed by atoms with Crippen molar-refractivity contribution in [1.29, 1.82) is 0 Å². The van der Waals surface area contributed by atoms with E-state index in [1.54, 1.807) is 0 Å². The summed E-state index contributed by atoms with van der Waals surface area (Å²) in [6, 6.07) is 0. The van der Waals surface area contributed by atoms with Crippen LogP contribution in [0.5, 0.6) is 0 Å². The molecule has 0 spiro atoms. The van der Waals surface area contributed by atoms with Gasteiger partial charge < -0.3 is 0 Å². The van der Waals surface area contributed by atoms with Gasteiger partial charge in [0.05, 0.1) is 0 Å². The van der Waals surface area contributed by atoms with E-state index in [1.807, 2.05) is 0 Å². The van der Waals surface area contributed by atoms with Crippen molar-refractivity contribution >= 4 is 25.4 Å². The molecular formula is C7H19PSi2. The molecule has 3 heteroatoms. The maximum Gasteiger partial charge on any atom is 0.0500 e. The van der Waals surface area contributed by atoms with Crippen LogP contribution >= 0.6 is 9.24 Å². The van der Waals surface area contributed by atoms with E-state index in [9.17, 15) is 0 Å². The van der Waals surface area contributed by atoms with E-state index in [0.29, 0.717) is 0 Å². The summed E-state index contributed by atoms with van der Waals surface area (Å²) in [4.78, 5) is 0.736. The highest BCUT2D eigenvalue weighted by Gasteiger charge is 2.34. The third-order valence-electron chi connectivity index (χ3n) is 1.64. The lowest BCUT2D eigenvalue weighted by atomic mass is 11.7. The van der Waals surface area contributed by atoms with Crippen molar-refractivity contribution in [3.63, 3.8) is 0 Å². The highest BCUT2D eigenvalue weighted by atomic mass is 31.0. The molecule has 0 aromatic rings. The van der Waals surface area contributed by atoms with Gasteiger partial charge in [-0.15, -0.1) is 0 Å². The van der Waals surface area contributed by atoms with Gasteiger partial charge in [-0.2, -0.15) is 0 Å². The van der Waals surface area contributed by atoms with Gasteiger partial charge in [0.15, 0.2) is 0 Å². The molecular weight excluding hydrogens is 171 g/mol. The van der Waals surface area contributed by atoms with Gasteiger partial charge in [0.2, 0.25) is 0 Å². The highest BCUT2D eigenvalue weighted by Crippen LogP contribution is 2.25. The van der Waals surface area contributed by atoms with Crippen molar-refractivity contribution in [2.24, 2.45) is 0 Å². The normalized spacial score (nSPS) is 14.4. The van der Waals surface area contributed by atoms with Gasteiger partial charge >= 0.3 is 0 Å². The van der Waals surface area contributed by atoms with E-state index in [1.165, 1.54) is 0 Å². The molecule has 2 radical (unpaired) electrons. The van der Waals surface area contributed by atoms with Gasteiger partial charge in [-0.3, -0.25) is 0 Å². The standard InChI is InChI=1S/C7H19PSi2/c1-9(2,3)7(8)10(4,5)6/h7H,1-6H3. The Morgan fingerprint density at radius 2 is 1.00 bits per heavy atom. The summed E-state index contributed by atoms with van der Waals surface area (Å²) in [7, 11) is 2.77. The van der Waals surface area contributed by atoms with E-state index < -0.39 is 16.1 Å². The van der Waals surface area contributed by atoms with Crippen LogP contribution in [0.2, 0.25) is 39.3 Å². The molecule has 0 nitrogen and oxygen atoms in total. The molecule has 0 saturated heterocycles. The van der Waals surface area contributed by atoms with Crippen LogP contribution in [0.15, 0.2) is 0 Å². The lowest BCUT2D eigenvalue weighted by Gasteiger charge is -2.34. The van der Waals surface area contributed by atoms with Crippen molar-refractivity contribution < 1.29 is 0 Å². The average molecular weight is 190 g/mol. The van der Waals surface area contributed by atoms with Crippen LogP contribution in [0.3, 0.4) is 0 Å². The molecule has 0 fully saturated rings.